The van der Waals surface area contributed by atoms with Crippen LogP contribution in [0.15, 0.2) is 71.8 Å². The second kappa shape index (κ2) is 16.2. The predicted octanol–water partition coefficient (Wildman–Crippen LogP) is 4.07. The van der Waals surface area contributed by atoms with Gasteiger partial charge in [0.25, 0.3) is 0 Å². The van der Waals surface area contributed by atoms with E-state index in [2.05, 4.69) is 0 Å². The van der Waals surface area contributed by atoms with Crippen LogP contribution in [0.5, 0.6) is 0 Å². The Balaban J connectivity index is 0.00000661. The molecule has 3 fully saturated rings. The molecule has 2 saturated carbocycles. The molecule has 0 radical (unpaired) electrons. The summed E-state index contributed by atoms with van der Waals surface area (Å²) in [6.07, 6.45) is -11.5. The van der Waals surface area contributed by atoms with Crippen molar-refractivity contribution in [1.82, 2.24) is 0 Å². The van der Waals surface area contributed by atoms with E-state index in [9.17, 15) is 39.3 Å². The number of ether oxygens (including phenoxy) is 6. The van der Waals surface area contributed by atoms with Gasteiger partial charge in [0, 0.05) is 25.2 Å². The minimum atomic E-state index is -2.35. The topological polar surface area (TPSA) is 227 Å². The highest BCUT2D eigenvalue weighted by Gasteiger charge is 2.78. The average molecular weight is 844 g/mol. The number of benzene rings is 2. The van der Waals surface area contributed by atoms with E-state index in [0.717, 1.165) is 6.92 Å². The first-order chi connectivity index (χ1) is 27.0. The van der Waals surface area contributed by atoms with Gasteiger partial charge in [0.1, 0.15) is 35.6 Å². The van der Waals surface area contributed by atoms with Crippen LogP contribution in [0.1, 0.15) is 90.2 Å². The third-order valence-electron chi connectivity index (χ3n) is 12.5. The van der Waals surface area contributed by atoms with Crippen LogP contribution < -0.4 is 5.73 Å². The highest BCUT2D eigenvalue weighted by molar-refractivity contribution is 5.94. The van der Waals surface area contributed by atoms with Crippen LogP contribution in [0.2, 0.25) is 0 Å². The zero-order valence-electron chi connectivity index (χ0n) is 34.3. The Morgan fingerprint density at radius 2 is 1.54 bits per heavy atom. The summed E-state index contributed by atoms with van der Waals surface area (Å²) in [6, 6.07) is 14.9. The summed E-state index contributed by atoms with van der Waals surface area (Å²) in [4.78, 5) is 69.3. The summed E-state index contributed by atoms with van der Waals surface area (Å²) in [7, 11) is 0. The number of carbonyl (C=O) groups excluding carboxylic acids is 5. The van der Waals surface area contributed by atoms with Crippen molar-refractivity contribution in [1.29, 1.82) is 0 Å². The summed E-state index contributed by atoms with van der Waals surface area (Å²) >= 11 is 0. The highest BCUT2D eigenvalue weighted by atomic mass is 35.5. The maximum atomic E-state index is 15.0. The number of aliphatic hydroxyl groups is 3. The molecule has 4 aliphatic rings. The SMILES string of the molecule is CC(=O)O[C@@]12CO[C@@H]1C[C@H](O)[C@@]1(C)C(=O)[C@H](O)C3=C(C)[C@@H](OC(=O)[C@H](OC(=O)OC(C)(C)C)[C@@H](N)c4ccccc4)C[C@@](O)([C@@H](OC(=O)c4ccccc4)[C@H]21)C3(C)C.Cl. The first-order valence-electron chi connectivity index (χ1n) is 19.3. The van der Waals surface area contributed by atoms with Gasteiger partial charge in [-0.05, 0) is 63.5 Å². The number of aliphatic hydroxyl groups excluding tert-OH is 2. The lowest BCUT2D eigenvalue weighted by molar-refractivity contribution is -0.346. The van der Waals surface area contributed by atoms with Crippen LogP contribution in [0, 0.1) is 16.7 Å². The third-order valence-corrected chi connectivity index (χ3v) is 12.5. The van der Waals surface area contributed by atoms with E-state index in [-0.39, 0.29) is 42.1 Å². The van der Waals surface area contributed by atoms with Crippen LogP contribution in [0.4, 0.5) is 4.79 Å². The Labute approximate surface area is 348 Å². The van der Waals surface area contributed by atoms with Crippen LogP contribution in [-0.2, 0) is 42.8 Å². The molecule has 6 rings (SSSR count). The largest absolute Gasteiger partial charge is 0.509 e. The van der Waals surface area contributed by atoms with Gasteiger partial charge in [-0.15, -0.1) is 12.4 Å². The zero-order valence-corrected chi connectivity index (χ0v) is 35.1. The quantitative estimate of drug-likeness (QED) is 0.167. The van der Waals surface area contributed by atoms with E-state index in [1.165, 1.54) is 26.0 Å². The minimum Gasteiger partial charge on any atom is -0.455 e. The Morgan fingerprint density at radius 1 is 0.949 bits per heavy atom. The van der Waals surface area contributed by atoms with Gasteiger partial charge in [0.05, 0.1) is 35.6 Å². The number of hydrogen-bond donors (Lipinski definition) is 4. The number of halogens is 1. The molecule has 2 bridgehead atoms. The fourth-order valence-corrected chi connectivity index (χ4v) is 9.48. The molecule has 1 heterocycles. The molecular formula is C43H54ClNO14. The van der Waals surface area contributed by atoms with Crippen LogP contribution in [-0.4, -0.2) is 105 Å². The van der Waals surface area contributed by atoms with Crippen molar-refractivity contribution < 1.29 is 67.7 Å². The molecule has 2 aromatic carbocycles. The molecule has 0 aromatic heterocycles. The van der Waals surface area contributed by atoms with Crippen LogP contribution in [0.25, 0.3) is 0 Å². The van der Waals surface area contributed by atoms with Gasteiger partial charge in [-0.25, -0.2) is 14.4 Å². The summed E-state index contributed by atoms with van der Waals surface area (Å²) in [5.74, 6) is -5.25. The van der Waals surface area contributed by atoms with Crippen molar-refractivity contribution >= 4 is 42.3 Å². The molecule has 0 spiro atoms. The maximum absolute atomic E-state index is 15.0. The fraction of sp³-hybridized carbons (Fsp3) is 0.558. The minimum absolute atomic E-state index is 0. The number of hydrogen-bond acceptors (Lipinski definition) is 15. The monoisotopic (exact) mass is 843 g/mol. The van der Waals surface area contributed by atoms with E-state index in [0.29, 0.717) is 5.56 Å². The van der Waals surface area contributed by atoms with Crippen molar-refractivity contribution in [3.05, 3.63) is 82.9 Å². The lowest BCUT2D eigenvalue weighted by Gasteiger charge is -2.67. The lowest BCUT2D eigenvalue weighted by Crippen LogP contribution is -2.81. The Bertz CT molecular complexity index is 1980. The second-order valence-corrected chi connectivity index (χ2v) is 17.5. The van der Waals surface area contributed by atoms with Gasteiger partial charge in [-0.1, -0.05) is 62.4 Å². The normalized spacial score (nSPS) is 33.1. The molecule has 1 saturated heterocycles. The number of nitrogens with two attached hydrogens (primary N) is 1. The molecule has 0 amide bonds. The number of rotatable bonds is 8. The Morgan fingerprint density at radius 3 is 2.08 bits per heavy atom. The Hall–Kier alpha value is -4.38. The van der Waals surface area contributed by atoms with Crippen LogP contribution >= 0.6 is 12.4 Å². The Kier molecular flexibility index (Phi) is 12.6. The lowest BCUT2D eigenvalue weighted by atomic mass is 9.44. The van der Waals surface area contributed by atoms with E-state index >= 15 is 0 Å². The summed E-state index contributed by atoms with van der Waals surface area (Å²) < 4.78 is 35.1. The molecule has 1 aliphatic heterocycles. The molecule has 0 unspecified atom stereocenters. The van der Waals surface area contributed by atoms with Crippen molar-refractivity contribution in [2.24, 2.45) is 22.5 Å². The van der Waals surface area contributed by atoms with Gasteiger partial charge in [-0.2, -0.15) is 0 Å². The van der Waals surface area contributed by atoms with E-state index in [1.54, 1.807) is 83.1 Å². The molecule has 3 aliphatic carbocycles. The van der Waals surface area contributed by atoms with Gasteiger partial charge in [0.15, 0.2) is 11.4 Å². The highest BCUT2D eigenvalue weighted by Crippen LogP contribution is 2.64. The number of Topliss-reactive ketones (excluding diaryl/α,β-unsaturated/α-hetero) is 1. The standard InChI is InChI=1S/C43H53NO14.ClH/c1-22-26(54-37(50)32(55-38(51)58-39(3,4)5)30(44)24-15-11-9-12-16-24)20-43(52)35(56-36(49)25-17-13-10-14-18-25)33-41(8,34(48)31(47)29(22)40(43,6)7)27(46)19-28-42(33,21-53-28)57-23(2)45;/h9-18,26-28,30-33,35,46-47,52H,19-21,44H2,1-8H3;1H/t26-,27-,28+,30-,31+,32+,33-,35-,41+,42-,43+;/m0./s1. The summed E-state index contributed by atoms with van der Waals surface area (Å²) in [5, 5.41) is 37.6. The molecule has 59 heavy (non-hydrogen) atoms. The first-order valence-corrected chi connectivity index (χ1v) is 19.3. The number of esters is 3. The van der Waals surface area contributed by atoms with Crippen molar-refractivity contribution in [2.75, 3.05) is 6.61 Å². The molecule has 15 nitrogen and oxygen atoms in total. The van der Waals surface area contributed by atoms with Gasteiger partial charge < -0.3 is 49.5 Å². The third kappa shape index (κ3) is 7.77. The van der Waals surface area contributed by atoms with Crippen molar-refractivity contribution in [3.63, 3.8) is 0 Å². The first kappa shape index (κ1) is 45.7. The van der Waals surface area contributed by atoms with Crippen molar-refractivity contribution in [3.8, 4) is 0 Å². The second-order valence-electron chi connectivity index (χ2n) is 17.5. The number of fused-ring (bicyclic) bond motifs is 5. The maximum Gasteiger partial charge on any atom is 0.509 e. The molecule has 2 aromatic rings. The van der Waals surface area contributed by atoms with E-state index in [4.69, 9.17) is 34.2 Å². The van der Waals surface area contributed by atoms with Gasteiger partial charge in [-0.3, -0.25) is 9.59 Å². The summed E-state index contributed by atoms with van der Waals surface area (Å²) in [5.41, 5.74) is -1.55. The smallest absolute Gasteiger partial charge is 0.455 e. The van der Waals surface area contributed by atoms with Gasteiger partial charge in [0.2, 0.25) is 6.10 Å². The van der Waals surface area contributed by atoms with Crippen molar-refractivity contribution in [2.45, 2.75) is 128 Å². The van der Waals surface area contributed by atoms with Gasteiger partial charge >= 0.3 is 24.1 Å². The van der Waals surface area contributed by atoms with E-state index in [1.807, 2.05) is 0 Å². The molecular weight excluding hydrogens is 790 g/mol. The summed E-state index contributed by atoms with van der Waals surface area (Å²) in [6.45, 7) is 11.7. The average Bonchev–Trinajstić information content (AvgIpc) is 3.14. The molecule has 16 heteroatoms. The van der Waals surface area contributed by atoms with E-state index < -0.39 is 112 Å². The predicted molar refractivity (Wildman–Crippen MR) is 211 cm³/mol. The molecule has 5 N–H and O–H groups in total. The van der Waals surface area contributed by atoms with Crippen LogP contribution in [0.3, 0.4) is 0 Å². The number of ketones is 1. The molecule has 11 atom stereocenters. The fourth-order valence-electron chi connectivity index (χ4n) is 9.48. The molecule has 322 valence electrons. The zero-order chi connectivity index (χ0) is 42.7. The number of carbonyl (C=O) groups is 5.